The molecule has 1 aromatic carbocycles. The predicted octanol–water partition coefficient (Wildman–Crippen LogP) is 3.83. The first kappa shape index (κ1) is 14.8. The van der Waals surface area contributed by atoms with Gasteiger partial charge in [-0.25, -0.2) is 9.18 Å². The number of carbonyl (C=O) groups excluding carboxylic acids is 1. The maximum atomic E-state index is 13.3. The molecule has 0 aliphatic heterocycles. The van der Waals surface area contributed by atoms with Crippen LogP contribution in [0.4, 0.5) is 4.39 Å². The van der Waals surface area contributed by atoms with Crippen molar-refractivity contribution in [3.63, 3.8) is 0 Å². The molecule has 20 heavy (non-hydrogen) atoms. The van der Waals surface area contributed by atoms with Crippen LogP contribution in [0.25, 0.3) is 0 Å². The van der Waals surface area contributed by atoms with Crippen LogP contribution in [-0.4, -0.2) is 11.6 Å². The lowest BCUT2D eigenvalue weighted by atomic mass is 9.84. The summed E-state index contributed by atoms with van der Waals surface area (Å²) in [5.74, 6) is -0.370. The lowest BCUT2D eigenvalue weighted by Crippen LogP contribution is -2.40. The molecule has 1 aromatic rings. The smallest absolute Gasteiger partial charge is 0.333 e. The maximum Gasteiger partial charge on any atom is 0.333 e. The van der Waals surface area contributed by atoms with Crippen molar-refractivity contribution in [2.24, 2.45) is 5.92 Å². The minimum absolute atomic E-state index is 0.188. The van der Waals surface area contributed by atoms with Crippen LogP contribution < -0.4 is 0 Å². The van der Waals surface area contributed by atoms with Crippen LogP contribution in [0.5, 0.6) is 0 Å². The van der Waals surface area contributed by atoms with Crippen LogP contribution >= 0.6 is 0 Å². The Kier molecular flexibility index (Phi) is 3.98. The summed E-state index contributed by atoms with van der Waals surface area (Å²) in [5.41, 5.74) is 2.06. The maximum absolute atomic E-state index is 13.3. The molecular weight excluding hydrogens is 255 g/mol. The number of ether oxygens (including phenoxy) is 1. The monoisotopic (exact) mass is 276 g/mol. The number of rotatable bonds is 4. The van der Waals surface area contributed by atoms with E-state index >= 15 is 0 Å². The molecule has 1 aliphatic rings. The molecule has 0 spiro atoms. The number of halogens is 1. The zero-order valence-corrected chi connectivity index (χ0v) is 12.3. The molecule has 0 saturated heterocycles. The molecule has 108 valence electrons. The van der Waals surface area contributed by atoms with Gasteiger partial charge < -0.3 is 4.74 Å². The molecule has 0 amide bonds. The number of hydrogen-bond acceptors (Lipinski definition) is 2. The van der Waals surface area contributed by atoms with E-state index in [1.807, 2.05) is 19.9 Å². The molecule has 0 saturated carbocycles. The minimum Gasteiger partial charge on any atom is -0.456 e. The highest BCUT2D eigenvalue weighted by molar-refractivity contribution is 5.87. The fraction of sp³-hybridized carbons (Fsp3) is 0.471. The van der Waals surface area contributed by atoms with Crippen molar-refractivity contribution >= 4 is 5.97 Å². The topological polar surface area (TPSA) is 26.3 Å². The van der Waals surface area contributed by atoms with Crippen molar-refractivity contribution in [3.8, 4) is 0 Å². The second kappa shape index (κ2) is 5.39. The molecule has 0 radical (unpaired) electrons. The summed E-state index contributed by atoms with van der Waals surface area (Å²) in [5, 5.41) is 0. The predicted molar refractivity (Wildman–Crippen MR) is 76.9 cm³/mol. The van der Waals surface area contributed by atoms with Crippen molar-refractivity contribution < 1.29 is 13.9 Å². The molecule has 0 fully saturated rings. The van der Waals surface area contributed by atoms with E-state index in [9.17, 15) is 9.18 Å². The van der Waals surface area contributed by atoms with E-state index in [-0.39, 0.29) is 17.7 Å². The second-order valence-electron chi connectivity index (χ2n) is 5.85. The molecule has 2 rings (SSSR count). The average Bonchev–Trinajstić information content (AvgIpc) is 2.81. The van der Waals surface area contributed by atoms with Crippen LogP contribution in [0.2, 0.25) is 0 Å². The molecule has 2 atom stereocenters. The normalized spacial score (nSPS) is 20.1. The van der Waals surface area contributed by atoms with E-state index in [0.717, 1.165) is 30.4 Å². The zero-order chi connectivity index (χ0) is 14.9. The standard InChI is InChI=1S/C17H21FO2/c1-5-17(4,20-16(19)11(2)3)14-8-12-6-7-15(18)10-13(12)9-14/h6-7,10,14H,2,5,8-9H2,1,3-4H3. The minimum atomic E-state index is -0.536. The lowest BCUT2D eigenvalue weighted by Gasteiger charge is -2.34. The van der Waals surface area contributed by atoms with Crippen LogP contribution in [0, 0.1) is 11.7 Å². The van der Waals surface area contributed by atoms with Gasteiger partial charge in [0, 0.05) is 11.5 Å². The first-order valence-corrected chi connectivity index (χ1v) is 7.02. The Morgan fingerprint density at radius 1 is 1.45 bits per heavy atom. The Labute approximate surface area is 119 Å². The Hall–Kier alpha value is -1.64. The van der Waals surface area contributed by atoms with Crippen LogP contribution in [0.3, 0.4) is 0 Å². The van der Waals surface area contributed by atoms with Crippen molar-refractivity contribution in [1.82, 2.24) is 0 Å². The summed E-state index contributed by atoms with van der Waals surface area (Å²) >= 11 is 0. The number of fused-ring (bicyclic) bond motifs is 1. The number of hydrogen-bond donors (Lipinski definition) is 0. The van der Waals surface area contributed by atoms with Gasteiger partial charge in [-0.1, -0.05) is 19.6 Å². The molecule has 1 aliphatic carbocycles. The highest BCUT2D eigenvalue weighted by Gasteiger charge is 2.40. The third-order valence-electron chi connectivity index (χ3n) is 4.34. The molecule has 2 unspecified atom stereocenters. The zero-order valence-electron chi connectivity index (χ0n) is 12.3. The third-order valence-corrected chi connectivity index (χ3v) is 4.34. The molecule has 0 bridgehead atoms. The average molecular weight is 276 g/mol. The Balaban J connectivity index is 2.18. The fourth-order valence-electron chi connectivity index (χ4n) is 2.76. The van der Waals surface area contributed by atoms with Gasteiger partial charge in [-0.05, 0) is 56.4 Å². The van der Waals surface area contributed by atoms with E-state index in [4.69, 9.17) is 4.74 Å². The number of carbonyl (C=O) groups is 1. The Morgan fingerprint density at radius 2 is 2.10 bits per heavy atom. The van der Waals surface area contributed by atoms with E-state index in [1.165, 1.54) is 6.07 Å². The van der Waals surface area contributed by atoms with E-state index < -0.39 is 5.60 Å². The van der Waals surface area contributed by atoms with E-state index in [1.54, 1.807) is 13.0 Å². The lowest BCUT2D eigenvalue weighted by molar-refractivity contribution is -0.159. The fourth-order valence-corrected chi connectivity index (χ4v) is 2.76. The van der Waals surface area contributed by atoms with Gasteiger partial charge in [0.1, 0.15) is 11.4 Å². The summed E-state index contributed by atoms with van der Waals surface area (Å²) in [6, 6.07) is 4.91. The van der Waals surface area contributed by atoms with E-state index in [2.05, 4.69) is 6.58 Å². The van der Waals surface area contributed by atoms with Crippen molar-refractivity contribution in [2.45, 2.75) is 45.6 Å². The van der Waals surface area contributed by atoms with Crippen molar-refractivity contribution in [3.05, 3.63) is 47.3 Å². The van der Waals surface area contributed by atoms with Gasteiger partial charge in [0.15, 0.2) is 0 Å². The second-order valence-corrected chi connectivity index (χ2v) is 5.85. The van der Waals surface area contributed by atoms with Gasteiger partial charge in [0.2, 0.25) is 0 Å². The summed E-state index contributed by atoms with van der Waals surface area (Å²) in [4.78, 5) is 11.8. The van der Waals surface area contributed by atoms with Gasteiger partial charge in [-0.3, -0.25) is 0 Å². The SMILES string of the molecule is C=C(C)C(=O)OC(C)(CC)C1Cc2ccc(F)cc2C1. The summed E-state index contributed by atoms with van der Waals surface area (Å²) < 4.78 is 18.9. The highest BCUT2D eigenvalue weighted by Crippen LogP contribution is 2.38. The molecule has 0 N–H and O–H groups in total. The molecule has 0 heterocycles. The quantitative estimate of drug-likeness (QED) is 0.617. The van der Waals surface area contributed by atoms with Gasteiger partial charge in [-0.15, -0.1) is 0 Å². The van der Waals surface area contributed by atoms with Crippen LogP contribution in [0.1, 0.15) is 38.3 Å². The summed E-state index contributed by atoms with van der Waals surface area (Å²) in [6.45, 7) is 9.25. The third kappa shape index (κ3) is 2.77. The molecule has 3 heteroatoms. The number of benzene rings is 1. The van der Waals surface area contributed by atoms with Crippen LogP contribution in [0.15, 0.2) is 30.4 Å². The highest BCUT2D eigenvalue weighted by atomic mass is 19.1. The Bertz CT molecular complexity index is 550. The van der Waals surface area contributed by atoms with Gasteiger partial charge >= 0.3 is 5.97 Å². The van der Waals surface area contributed by atoms with Crippen molar-refractivity contribution in [2.75, 3.05) is 0 Å². The summed E-state index contributed by atoms with van der Waals surface area (Å²) in [6.07, 6.45) is 2.30. The molecule has 0 aromatic heterocycles. The first-order chi connectivity index (χ1) is 9.35. The number of esters is 1. The van der Waals surface area contributed by atoms with E-state index in [0.29, 0.717) is 5.57 Å². The first-order valence-electron chi connectivity index (χ1n) is 7.02. The largest absolute Gasteiger partial charge is 0.456 e. The molecular formula is C17H21FO2. The molecule has 2 nitrogen and oxygen atoms in total. The van der Waals surface area contributed by atoms with Crippen molar-refractivity contribution in [1.29, 1.82) is 0 Å². The van der Waals surface area contributed by atoms with Gasteiger partial charge in [0.25, 0.3) is 0 Å². The van der Waals surface area contributed by atoms with Gasteiger partial charge in [0.05, 0.1) is 0 Å². The Morgan fingerprint density at radius 3 is 2.70 bits per heavy atom. The summed E-state index contributed by atoms with van der Waals surface area (Å²) in [7, 11) is 0. The van der Waals surface area contributed by atoms with Gasteiger partial charge in [-0.2, -0.15) is 0 Å². The van der Waals surface area contributed by atoms with Crippen LogP contribution in [-0.2, 0) is 22.4 Å².